The Morgan fingerprint density at radius 1 is 0.960 bits per heavy atom. The fraction of sp³-hybridized carbons (Fsp3) is 0.300. The van der Waals surface area contributed by atoms with Gasteiger partial charge in [0.2, 0.25) is 5.91 Å². The van der Waals surface area contributed by atoms with Crippen LogP contribution in [-0.2, 0) is 11.2 Å². The molecule has 5 nitrogen and oxygen atoms in total. The molecule has 2 amide bonds. The van der Waals surface area contributed by atoms with Crippen molar-refractivity contribution in [3.05, 3.63) is 65.7 Å². The second kappa shape index (κ2) is 10.1. The van der Waals surface area contributed by atoms with Crippen LogP contribution in [0.25, 0.3) is 0 Å². The lowest BCUT2D eigenvalue weighted by Gasteiger charge is -2.08. The van der Waals surface area contributed by atoms with Gasteiger partial charge in [-0.1, -0.05) is 30.3 Å². The van der Waals surface area contributed by atoms with E-state index in [1.165, 1.54) is 5.56 Å². The Balaban J connectivity index is 1.64. The number of ether oxygens (including phenoxy) is 1. The highest BCUT2D eigenvalue weighted by atomic mass is 16.5. The fourth-order valence-corrected chi connectivity index (χ4v) is 2.36. The van der Waals surface area contributed by atoms with Gasteiger partial charge >= 0.3 is 0 Å². The highest BCUT2D eigenvalue weighted by Crippen LogP contribution is 2.11. The van der Waals surface area contributed by atoms with Gasteiger partial charge < -0.3 is 15.4 Å². The Bertz CT molecular complexity index is 669. The quantitative estimate of drug-likeness (QED) is 0.690. The summed E-state index contributed by atoms with van der Waals surface area (Å²) in [4.78, 5) is 23.8. The predicted octanol–water partition coefficient (Wildman–Crippen LogP) is 2.56. The van der Waals surface area contributed by atoms with Crippen LogP contribution in [0.3, 0.4) is 0 Å². The highest BCUT2D eigenvalue weighted by molar-refractivity contribution is 5.96. The van der Waals surface area contributed by atoms with Gasteiger partial charge in [0.05, 0.1) is 13.2 Å². The SMILES string of the molecule is CCOc1ccc(C(=O)NCC(=O)NCCCc2ccccc2)cc1. The van der Waals surface area contributed by atoms with Gasteiger partial charge in [0.25, 0.3) is 5.91 Å². The summed E-state index contributed by atoms with van der Waals surface area (Å²) in [5.41, 5.74) is 1.75. The Hall–Kier alpha value is -2.82. The van der Waals surface area contributed by atoms with Crippen LogP contribution in [0.2, 0.25) is 0 Å². The molecule has 132 valence electrons. The number of hydrogen-bond acceptors (Lipinski definition) is 3. The van der Waals surface area contributed by atoms with Gasteiger partial charge in [-0.2, -0.15) is 0 Å². The molecular formula is C20H24N2O3. The number of rotatable bonds is 9. The molecule has 0 saturated carbocycles. The summed E-state index contributed by atoms with van der Waals surface area (Å²) in [6.07, 6.45) is 1.78. The van der Waals surface area contributed by atoms with Gasteiger partial charge in [-0.3, -0.25) is 9.59 Å². The summed E-state index contributed by atoms with van der Waals surface area (Å²) in [5, 5.41) is 5.43. The van der Waals surface area contributed by atoms with Gasteiger partial charge in [-0.15, -0.1) is 0 Å². The van der Waals surface area contributed by atoms with Crippen LogP contribution >= 0.6 is 0 Å². The van der Waals surface area contributed by atoms with Gasteiger partial charge in [0.1, 0.15) is 5.75 Å². The molecule has 0 heterocycles. The van der Waals surface area contributed by atoms with Crippen molar-refractivity contribution in [1.29, 1.82) is 0 Å². The first-order chi connectivity index (χ1) is 12.2. The molecule has 0 atom stereocenters. The number of benzene rings is 2. The van der Waals surface area contributed by atoms with Crippen LogP contribution < -0.4 is 15.4 Å². The molecule has 0 bridgehead atoms. The first kappa shape index (κ1) is 18.5. The van der Waals surface area contributed by atoms with E-state index in [2.05, 4.69) is 22.8 Å². The number of carbonyl (C=O) groups is 2. The van der Waals surface area contributed by atoms with E-state index in [-0.39, 0.29) is 18.4 Å². The summed E-state index contributed by atoms with van der Waals surface area (Å²) in [6, 6.07) is 17.0. The zero-order valence-corrected chi connectivity index (χ0v) is 14.5. The molecule has 0 unspecified atom stereocenters. The molecule has 0 aliphatic heterocycles. The van der Waals surface area contributed by atoms with E-state index in [0.29, 0.717) is 18.7 Å². The molecule has 2 aromatic carbocycles. The van der Waals surface area contributed by atoms with Crippen molar-refractivity contribution < 1.29 is 14.3 Å². The van der Waals surface area contributed by atoms with E-state index in [1.54, 1.807) is 24.3 Å². The third-order valence-corrected chi connectivity index (χ3v) is 3.64. The van der Waals surface area contributed by atoms with Gasteiger partial charge in [0.15, 0.2) is 0 Å². The normalized spacial score (nSPS) is 10.1. The molecule has 0 radical (unpaired) electrons. The maximum absolute atomic E-state index is 12.0. The topological polar surface area (TPSA) is 67.4 Å². The van der Waals surface area contributed by atoms with E-state index in [4.69, 9.17) is 4.74 Å². The summed E-state index contributed by atoms with van der Waals surface area (Å²) in [5.74, 6) is 0.255. The van der Waals surface area contributed by atoms with Crippen LogP contribution in [0, 0.1) is 0 Å². The molecule has 0 aliphatic rings. The van der Waals surface area contributed by atoms with Crippen molar-refractivity contribution in [2.75, 3.05) is 19.7 Å². The van der Waals surface area contributed by atoms with Gasteiger partial charge in [0, 0.05) is 12.1 Å². The Labute approximate surface area is 148 Å². The molecule has 5 heteroatoms. The van der Waals surface area contributed by atoms with Crippen molar-refractivity contribution >= 4 is 11.8 Å². The lowest BCUT2D eigenvalue weighted by atomic mass is 10.1. The Morgan fingerprint density at radius 2 is 1.68 bits per heavy atom. The second-order valence-corrected chi connectivity index (χ2v) is 5.58. The largest absolute Gasteiger partial charge is 0.494 e. The molecule has 0 spiro atoms. The molecule has 25 heavy (non-hydrogen) atoms. The third-order valence-electron chi connectivity index (χ3n) is 3.64. The molecule has 2 aromatic rings. The van der Waals surface area contributed by atoms with Crippen molar-refractivity contribution in [2.45, 2.75) is 19.8 Å². The van der Waals surface area contributed by atoms with E-state index < -0.39 is 0 Å². The van der Waals surface area contributed by atoms with E-state index in [1.807, 2.05) is 25.1 Å². The molecule has 0 aromatic heterocycles. The molecule has 0 aliphatic carbocycles. The maximum Gasteiger partial charge on any atom is 0.251 e. The van der Waals surface area contributed by atoms with Crippen molar-refractivity contribution in [1.82, 2.24) is 10.6 Å². The van der Waals surface area contributed by atoms with Crippen LogP contribution in [0.1, 0.15) is 29.3 Å². The first-order valence-electron chi connectivity index (χ1n) is 8.50. The van der Waals surface area contributed by atoms with Crippen LogP contribution in [-0.4, -0.2) is 31.5 Å². The van der Waals surface area contributed by atoms with Gasteiger partial charge in [-0.05, 0) is 49.6 Å². The number of aryl methyl sites for hydroxylation is 1. The molecule has 2 N–H and O–H groups in total. The van der Waals surface area contributed by atoms with Gasteiger partial charge in [-0.25, -0.2) is 0 Å². The van der Waals surface area contributed by atoms with E-state index in [9.17, 15) is 9.59 Å². The smallest absolute Gasteiger partial charge is 0.251 e. The minimum atomic E-state index is -0.275. The summed E-state index contributed by atoms with van der Waals surface area (Å²) < 4.78 is 5.33. The van der Waals surface area contributed by atoms with Crippen LogP contribution in [0.15, 0.2) is 54.6 Å². The van der Waals surface area contributed by atoms with Crippen LogP contribution in [0.5, 0.6) is 5.75 Å². The standard InChI is InChI=1S/C20H24N2O3/c1-2-25-18-12-10-17(11-13-18)20(24)22-15-19(23)21-14-6-9-16-7-4-3-5-8-16/h3-5,7-8,10-13H,2,6,9,14-15H2,1H3,(H,21,23)(H,22,24). The zero-order valence-electron chi connectivity index (χ0n) is 14.5. The Kier molecular flexibility index (Phi) is 7.50. The fourth-order valence-electron chi connectivity index (χ4n) is 2.36. The highest BCUT2D eigenvalue weighted by Gasteiger charge is 2.08. The van der Waals surface area contributed by atoms with E-state index >= 15 is 0 Å². The minimum Gasteiger partial charge on any atom is -0.494 e. The molecule has 0 saturated heterocycles. The lowest BCUT2D eigenvalue weighted by Crippen LogP contribution is -2.37. The molecular weight excluding hydrogens is 316 g/mol. The predicted molar refractivity (Wildman–Crippen MR) is 97.7 cm³/mol. The number of carbonyl (C=O) groups excluding carboxylic acids is 2. The van der Waals surface area contributed by atoms with Crippen molar-refractivity contribution in [3.8, 4) is 5.75 Å². The summed E-state index contributed by atoms with van der Waals surface area (Å²) in [7, 11) is 0. The number of hydrogen-bond donors (Lipinski definition) is 2. The van der Waals surface area contributed by atoms with Crippen molar-refractivity contribution in [2.24, 2.45) is 0 Å². The third kappa shape index (κ3) is 6.67. The summed E-state index contributed by atoms with van der Waals surface area (Å²) >= 11 is 0. The first-order valence-corrected chi connectivity index (χ1v) is 8.50. The Morgan fingerprint density at radius 3 is 2.36 bits per heavy atom. The number of amides is 2. The van der Waals surface area contributed by atoms with Crippen molar-refractivity contribution in [3.63, 3.8) is 0 Å². The second-order valence-electron chi connectivity index (χ2n) is 5.58. The average Bonchev–Trinajstić information content (AvgIpc) is 2.65. The lowest BCUT2D eigenvalue weighted by molar-refractivity contribution is -0.120. The molecule has 2 rings (SSSR count). The molecule has 0 fully saturated rings. The zero-order chi connectivity index (χ0) is 17.9. The maximum atomic E-state index is 12.0. The van der Waals surface area contributed by atoms with E-state index in [0.717, 1.165) is 18.6 Å². The average molecular weight is 340 g/mol. The van der Waals surface area contributed by atoms with Crippen LogP contribution in [0.4, 0.5) is 0 Å². The monoisotopic (exact) mass is 340 g/mol. The number of nitrogens with one attached hydrogen (secondary N) is 2. The minimum absolute atomic E-state index is 0.0304. The summed E-state index contributed by atoms with van der Waals surface area (Å²) in [6.45, 7) is 3.04.